The Morgan fingerprint density at radius 2 is 2.00 bits per heavy atom. The number of amides is 2. The number of piperazine rings is 1. The third kappa shape index (κ3) is 2.41. The summed E-state index contributed by atoms with van der Waals surface area (Å²) in [5.74, 6) is 0.770. The number of carbonyl (C=O) groups is 2. The standard InChI is InChI=1S/C16H19N3O3/c1-11-15(13-4-3-12(22-2)9-14(13)17-11)16(21)19-7-5-18(10-20)6-8-19/h3-4,9-10,17H,5-8H2,1-2H3. The van der Waals surface area contributed by atoms with Crippen LogP contribution >= 0.6 is 0 Å². The van der Waals surface area contributed by atoms with Gasteiger partial charge >= 0.3 is 0 Å². The van der Waals surface area contributed by atoms with Crippen LogP contribution in [0, 0.1) is 6.92 Å². The van der Waals surface area contributed by atoms with Crippen molar-refractivity contribution in [2.24, 2.45) is 0 Å². The summed E-state index contributed by atoms with van der Waals surface area (Å²) in [5.41, 5.74) is 2.45. The number of aryl methyl sites for hydroxylation is 1. The van der Waals surface area contributed by atoms with E-state index < -0.39 is 0 Å². The van der Waals surface area contributed by atoms with E-state index >= 15 is 0 Å². The molecule has 2 heterocycles. The van der Waals surface area contributed by atoms with Crippen molar-refractivity contribution in [3.63, 3.8) is 0 Å². The second-order valence-electron chi connectivity index (χ2n) is 5.47. The van der Waals surface area contributed by atoms with E-state index in [2.05, 4.69) is 4.98 Å². The van der Waals surface area contributed by atoms with Gasteiger partial charge < -0.3 is 19.5 Å². The molecule has 6 heteroatoms. The molecule has 1 aromatic heterocycles. The zero-order valence-electron chi connectivity index (χ0n) is 12.8. The highest BCUT2D eigenvalue weighted by Crippen LogP contribution is 2.27. The molecule has 0 unspecified atom stereocenters. The van der Waals surface area contributed by atoms with Gasteiger partial charge in [0.25, 0.3) is 5.91 Å². The molecule has 3 rings (SSSR count). The first-order valence-electron chi connectivity index (χ1n) is 7.29. The lowest BCUT2D eigenvalue weighted by Crippen LogP contribution is -2.48. The third-order valence-corrected chi connectivity index (χ3v) is 4.16. The molecule has 2 aromatic rings. The number of nitrogens with one attached hydrogen (secondary N) is 1. The van der Waals surface area contributed by atoms with E-state index in [0.29, 0.717) is 31.7 Å². The Balaban J connectivity index is 1.91. The summed E-state index contributed by atoms with van der Waals surface area (Å²) >= 11 is 0. The number of nitrogens with zero attached hydrogens (tertiary/aromatic N) is 2. The topological polar surface area (TPSA) is 65.6 Å². The maximum atomic E-state index is 12.8. The highest BCUT2D eigenvalue weighted by atomic mass is 16.5. The van der Waals surface area contributed by atoms with Crippen molar-refractivity contribution >= 4 is 23.2 Å². The Morgan fingerprint density at radius 1 is 1.27 bits per heavy atom. The maximum Gasteiger partial charge on any atom is 0.256 e. The van der Waals surface area contributed by atoms with Crippen molar-refractivity contribution in [1.29, 1.82) is 0 Å². The number of hydrogen-bond acceptors (Lipinski definition) is 3. The van der Waals surface area contributed by atoms with Gasteiger partial charge in [-0.1, -0.05) is 0 Å². The highest BCUT2D eigenvalue weighted by molar-refractivity contribution is 6.08. The molecule has 1 aliphatic heterocycles. The van der Waals surface area contributed by atoms with E-state index in [-0.39, 0.29) is 5.91 Å². The van der Waals surface area contributed by atoms with Crippen molar-refractivity contribution in [3.05, 3.63) is 29.5 Å². The molecule has 6 nitrogen and oxygen atoms in total. The molecule has 1 N–H and O–H groups in total. The number of carbonyl (C=O) groups excluding carboxylic acids is 2. The van der Waals surface area contributed by atoms with Gasteiger partial charge in [-0.3, -0.25) is 9.59 Å². The van der Waals surface area contributed by atoms with Gasteiger partial charge in [0, 0.05) is 43.3 Å². The van der Waals surface area contributed by atoms with E-state index in [1.807, 2.05) is 25.1 Å². The van der Waals surface area contributed by atoms with Crippen LogP contribution in [-0.4, -0.2) is 60.4 Å². The molecule has 0 aliphatic carbocycles. The predicted molar refractivity (Wildman–Crippen MR) is 83.1 cm³/mol. The summed E-state index contributed by atoms with van der Waals surface area (Å²) in [6, 6.07) is 5.66. The van der Waals surface area contributed by atoms with E-state index in [9.17, 15) is 9.59 Å². The molecule has 22 heavy (non-hydrogen) atoms. The Morgan fingerprint density at radius 3 is 2.64 bits per heavy atom. The van der Waals surface area contributed by atoms with E-state index in [1.54, 1.807) is 16.9 Å². The fourth-order valence-electron chi connectivity index (χ4n) is 2.90. The van der Waals surface area contributed by atoms with Crippen LogP contribution in [-0.2, 0) is 4.79 Å². The number of aromatic nitrogens is 1. The molecule has 2 amide bonds. The molecule has 0 saturated carbocycles. The lowest BCUT2D eigenvalue weighted by molar-refractivity contribution is -0.119. The van der Waals surface area contributed by atoms with Crippen LogP contribution in [0.1, 0.15) is 16.1 Å². The first kappa shape index (κ1) is 14.4. The Labute approximate surface area is 128 Å². The number of ether oxygens (including phenoxy) is 1. The summed E-state index contributed by atoms with van der Waals surface area (Å²) in [4.78, 5) is 30.3. The number of fused-ring (bicyclic) bond motifs is 1. The van der Waals surface area contributed by atoms with Crippen molar-refractivity contribution in [2.45, 2.75) is 6.92 Å². The fourth-order valence-corrected chi connectivity index (χ4v) is 2.90. The van der Waals surface area contributed by atoms with Crippen molar-refractivity contribution < 1.29 is 14.3 Å². The van der Waals surface area contributed by atoms with Crippen LogP contribution in [0.2, 0.25) is 0 Å². The van der Waals surface area contributed by atoms with Gasteiger partial charge in [-0.15, -0.1) is 0 Å². The molecular formula is C16H19N3O3. The van der Waals surface area contributed by atoms with Gasteiger partial charge in [0.2, 0.25) is 6.41 Å². The summed E-state index contributed by atoms with van der Waals surface area (Å²) in [7, 11) is 1.62. The first-order valence-corrected chi connectivity index (χ1v) is 7.29. The maximum absolute atomic E-state index is 12.8. The fraction of sp³-hybridized carbons (Fsp3) is 0.375. The van der Waals surface area contributed by atoms with Crippen molar-refractivity contribution in [3.8, 4) is 5.75 Å². The Hall–Kier alpha value is -2.50. The minimum Gasteiger partial charge on any atom is -0.497 e. The number of methoxy groups -OCH3 is 1. The number of benzene rings is 1. The number of H-pyrrole nitrogens is 1. The molecule has 116 valence electrons. The second kappa shape index (κ2) is 5.71. The second-order valence-corrected chi connectivity index (χ2v) is 5.47. The van der Waals surface area contributed by atoms with Crippen LogP contribution in [0.4, 0.5) is 0 Å². The van der Waals surface area contributed by atoms with E-state index in [1.165, 1.54) is 0 Å². The normalized spacial score (nSPS) is 15.2. The molecule has 0 bridgehead atoms. The molecule has 0 radical (unpaired) electrons. The van der Waals surface area contributed by atoms with E-state index in [4.69, 9.17) is 4.74 Å². The zero-order chi connectivity index (χ0) is 15.7. The van der Waals surface area contributed by atoms with Gasteiger partial charge in [-0.25, -0.2) is 0 Å². The Kier molecular flexibility index (Phi) is 3.75. The summed E-state index contributed by atoms with van der Waals surface area (Å²) in [6.07, 6.45) is 0.838. The summed E-state index contributed by atoms with van der Waals surface area (Å²) in [6.45, 7) is 4.22. The minimum atomic E-state index is 0.0134. The predicted octanol–water partition coefficient (Wildman–Crippen LogP) is 1.40. The third-order valence-electron chi connectivity index (χ3n) is 4.16. The van der Waals surface area contributed by atoms with Gasteiger partial charge in [-0.2, -0.15) is 0 Å². The van der Waals surface area contributed by atoms with Crippen LogP contribution in [0.15, 0.2) is 18.2 Å². The first-order chi connectivity index (χ1) is 10.6. The quantitative estimate of drug-likeness (QED) is 0.872. The SMILES string of the molecule is COc1ccc2c(C(=O)N3CCN(C=O)CC3)c(C)[nH]c2c1. The largest absolute Gasteiger partial charge is 0.497 e. The van der Waals surface area contributed by atoms with Crippen molar-refractivity contribution in [2.75, 3.05) is 33.3 Å². The Bertz CT molecular complexity index is 715. The van der Waals surface area contributed by atoms with Crippen LogP contribution in [0.3, 0.4) is 0 Å². The van der Waals surface area contributed by atoms with Crippen LogP contribution in [0.5, 0.6) is 5.75 Å². The van der Waals surface area contributed by atoms with Gasteiger partial charge in [-0.05, 0) is 19.1 Å². The average molecular weight is 301 g/mol. The minimum absolute atomic E-state index is 0.0134. The summed E-state index contributed by atoms with van der Waals surface area (Å²) < 4.78 is 5.22. The lowest BCUT2D eigenvalue weighted by atomic mass is 10.1. The van der Waals surface area contributed by atoms with Gasteiger partial charge in [0.1, 0.15) is 5.75 Å². The van der Waals surface area contributed by atoms with Gasteiger partial charge in [0.15, 0.2) is 0 Å². The lowest BCUT2D eigenvalue weighted by Gasteiger charge is -2.32. The molecule has 1 saturated heterocycles. The molecule has 1 aromatic carbocycles. The molecule has 1 fully saturated rings. The number of rotatable bonds is 3. The molecule has 0 spiro atoms. The smallest absolute Gasteiger partial charge is 0.256 e. The van der Waals surface area contributed by atoms with Crippen LogP contribution in [0.25, 0.3) is 10.9 Å². The summed E-state index contributed by atoms with van der Waals surface area (Å²) in [5, 5.41) is 0.904. The average Bonchev–Trinajstić information content (AvgIpc) is 2.89. The molecule has 0 atom stereocenters. The molecule has 1 aliphatic rings. The monoisotopic (exact) mass is 301 g/mol. The number of hydrogen-bond donors (Lipinski definition) is 1. The van der Waals surface area contributed by atoms with E-state index in [0.717, 1.165) is 28.8 Å². The van der Waals surface area contributed by atoms with Crippen molar-refractivity contribution in [1.82, 2.24) is 14.8 Å². The highest BCUT2D eigenvalue weighted by Gasteiger charge is 2.25. The van der Waals surface area contributed by atoms with Crippen LogP contribution < -0.4 is 4.74 Å². The molecular weight excluding hydrogens is 282 g/mol. The number of aromatic amines is 1. The van der Waals surface area contributed by atoms with Gasteiger partial charge in [0.05, 0.1) is 18.2 Å². The zero-order valence-corrected chi connectivity index (χ0v) is 12.8.